The van der Waals surface area contributed by atoms with Crippen molar-refractivity contribution in [2.75, 3.05) is 14.7 Å². The van der Waals surface area contributed by atoms with Crippen molar-refractivity contribution in [3.63, 3.8) is 0 Å². The Labute approximate surface area is 381 Å². The summed E-state index contributed by atoms with van der Waals surface area (Å²) in [6, 6.07) is 90.6. The monoisotopic (exact) mass is 831 g/mol. The molecule has 2 aliphatic heterocycles. The summed E-state index contributed by atoms with van der Waals surface area (Å²) in [5, 5.41) is 0. The molecular weight excluding hydrogens is 787 g/mol. The maximum atomic E-state index is 2.42. The van der Waals surface area contributed by atoms with Gasteiger partial charge in [0.25, 0.3) is 0 Å². The second-order valence-corrected chi connectivity index (χ2v) is 17.0. The molecule has 0 radical (unpaired) electrons. The van der Waals surface area contributed by atoms with Gasteiger partial charge in [0.2, 0.25) is 0 Å². The summed E-state index contributed by atoms with van der Waals surface area (Å²) in [6.07, 6.45) is 1.88. The van der Waals surface area contributed by atoms with E-state index in [9.17, 15) is 0 Å². The zero-order valence-electron chi connectivity index (χ0n) is 35.9. The Bertz CT molecular complexity index is 3040. The molecule has 0 amide bonds. The van der Waals surface area contributed by atoms with Gasteiger partial charge in [-0.3, -0.25) is 0 Å². The Hall–Kier alpha value is -8.40. The van der Waals surface area contributed by atoms with E-state index < -0.39 is 0 Å². The van der Waals surface area contributed by atoms with Crippen LogP contribution < -0.4 is 14.7 Å². The molecule has 2 heterocycles. The van der Waals surface area contributed by atoms with E-state index in [0.29, 0.717) is 0 Å². The third kappa shape index (κ3) is 7.14. The molecule has 0 saturated carbocycles. The van der Waals surface area contributed by atoms with Gasteiger partial charge in [0, 0.05) is 64.0 Å². The van der Waals surface area contributed by atoms with Gasteiger partial charge in [0.15, 0.2) is 0 Å². The highest BCUT2D eigenvalue weighted by Crippen LogP contribution is 2.47. The van der Waals surface area contributed by atoms with Crippen molar-refractivity contribution in [3.8, 4) is 33.4 Å². The first-order valence-corrected chi connectivity index (χ1v) is 22.5. The molecule has 10 aromatic carbocycles. The second kappa shape index (κ2) is 16.4. The van der Waals surface area contributed by atoms with E-state index in [1.807, 2.05) is 0 Å². The van der Waals surface area contributed by atoms with Gasteiger partial charge in [0.1, 0.15) is 0 Å². The van der Waals surface area contributed by atoms with E-state index in [0.717, 1.165) is 41.3 Å². The van der Waals surface area contributed by atoms with Crippen molar-refractivity contribution in [1.82, 2.24) is 0 Å². The van der Waals surface area contributed by atoms with Gasteiger partial charge in [0.05, 0.1) is 0 Å². The number of rotatable bonds is 8. The van der Waals surface area contributed by atoms with Crippen LogP contribution in [0.4, 0.5) is 51.2 Å². The maximum absolute atomic E-state index is 2.42. The van der Waals surface area contributed by atoms with Crippen molar-refractivity contribution < 1.29 is 0 Å². The lowest BCUT2D eigenvalue weighted by Crippen LogP contribution is -2.18. The molecule has 0 N–H and O–H groups in total. The van der Waals surface area contributed by atoms with Crippen LogP contribution in [0.25, 0.3) is 33.4 Å². The average molecular weight is 832 g/mol. The van der Waals surface area contributed by atoms with Gasteiger partial charge < -0.3 is 14.7 Å². The number of hydrogen-bond donors (Lipinski definition) is 0. The minimum atomic E-state index is 0.940. The van der Waals surface area contributed by atoms with Gasteiger partial charge in [-0.15, -0.1) is 0 Å². The lowest BCUT2D eigenvalue weighted by Gasteiger charge is -2.33. The van der Waals surface area contributed by atoms with Crippen molar-refractivity contribution >= 4 is 51.2 Å². The predicted molar refractivity (Wildman–Crippen MR) is 272 cm³/mol. The molecule has 0 fully saturated rings. The number of fused-ring (bicyclic) bond motifs is 4. The van der Waals surface area contributed by atoms with Gasteiger partial charge in [-0.2, -0.15) is 0 Å². The third-order valence-electron chi connectivity index (χ3n) is 13.1. The number of para-hydroxylation sites is 4. The van der Waals surface area contributed by atoms with Gasteiger partial charge in [-0.05, 0) is 141 Å². The quantitative estimate of drug-likeness (QED) is 0.151. The van der Waals surface area contributed by atoms with Crippen LogP contribution in [0.1, 0.15) is 22.3 Å². The molecular formula is C62H45N3. The van der Waals surface area contributed by atoms with Crippen LogP contribution in [0, 0.1) is 0 Å². The Morgan fingerprint density at radius 2 is 0.538 bits per heavy atom. The van der Waals surface area contributed by atoms with E-state index in [1.165, 1.54) is 78.4 Å². The van der Waals surface area contributed by atoms with Crippen molar-refractivity contribution in [2.45, 2.75) is 12.8 Å². The number of anilines is 9. The fourth-order valence-corrected chi connectivity index (χ4v) is 9.88. The number of hydrogen-bond acceptors (Lipinski definition) is 3. The van der Waals surface area contributed by atoms with Gasteiger partial charge in [-0.1, -0.05) is 164 Å². The normalized spacial score (nSPS) is 12.4. The van der Waals surface area contributed by atoms with Crippen molar-refractivity contribution in [3.05, 3.63) is 271 Å². The van der Waals surface area contributed by atoms with Crippen LogP contribution in [0.2, 0.25) is 0 Å². The molecule has 3 heteroatoms. The minimum absolute atomic E-state index is 0.940. The summed E-state index contributed by atoms with van der Waals surface area (Å²) < 4.78 is 0. The van der Waals surface area contributed by atoms with E-state index >= 15 is 0 Å². The molecule has 10 aromatic rings. The Morgan fingerprint density at radius 3 is 0.908 bits per heavy atom. The highest BCUT2D eigenvalue weighted by atomic mass is 15.2. The summed E-state index contributed by atoms with van der Waals surface area (Å²) in [5.74, 6) is 0. The topological polar surface area (TPSA) is 9.72 Å². The zero-order valence-corrected chi connectivity index (χ0v) is 35.9. The number of benzene rings is 10. The van der Waals surface area contributed by atoms with Gasteiger partial charge >= 0.3 is 0 Å². The van der Waals surface area contributed by atoms with Crippen LogP contribution >= 0.6 is 0 Å². The molecule has 0 atom stereocenters. The second-order valence-electron chi connectivity index (χ2n) is 17.0. The van der Waals surface area contributed by atoms with Crippen LogP contribution in [-0.2, 0) is 12.8 Å². The molecule has 65 heavy (non-hydrogen) atoms. The molecule has 3 nitrogen and oxygen atoms in total. The summed E-state index contributed by atoms with van der Waals surface area (Å²) >= 11 is 0. The molecule has 0 bridgehead atoms. The molecule has 12 rings (SSSR count). The molecule has 0 saturated heterocycles. The van der Waals surface area contributed by atoms with Crippen molar-refractivity contribution in [1.29, 1.82) is 0 Å². The van der Waals surface area contributed by atoms with Crippen LogP contribution in [0.15, 0.2) is 249 Å². The number of nitrogens with zero attached hydrogens (tertiary/aromatic N) is 3. The predicted octanol–water partition coefficient (Wildman–Crippen LogP) is 16.9. The first kappa shape index (κ1) is 38.3. The SMILES string of the molecule is c1ccc(-c2ccc(N(c3ccc(-c4cccc(N5c6ccccc6Cc6ccccc65)c4)cc3)c3ccc(-c4cccc(N5c6ccccc6Cc6ccccc65)c4)cc3)cc2)cc1. The van der Waals surface area contributed by atoms with Crippen LogP contribution in [0.3, 0.4) is 0 Å². The molecule has 0 aromatic heterocycles. The van der Waals surface area contributed by atoms with E-state index in [-0.39, 0.29) is 0 Å². The molecule has 0 aliphatic carbocycles. The fourth-order valence-electron chi connectivity index (χ4n) is 9.88. The summed E-state index contributed by atoms with van der Waals surface area (Å²) in [5.41, 5.74) is 23.0. The van der Waals surface area contributed by atoms with Gasteiger partial charge in [-0.25, -0.2) is 0 Å². The standard InChI is InChI=1S/C62H45N3/c1-2-14-44(15-3-1)45-28-34-54(35-29-45)63(55-36-30-46(31-37-55)48-20-12-22-57(42-48)64-59-24-8-4-16-50(59)40-51-17-5-9-25-60(51)64)56-38-32-47(33-39-56)49-21-13-23-58(43-49)65-61-26-10-6-18-52(61)41-53-19-7-11-27-62(53)65/h1-39,42-43H,40-41H2. The Morgan fingerprint density at radius 1 is 0.246 bits per heavy atom. The van der Waals surface area contributed by atoms with E-state index in [1.54, 1.807) is 0 Å². The lowest BCUT2D eigenvalue weighted by atomic mass is 9.94. The fraction of sp³-hybridized carbons (Fsp3) is 0.0323. The minimum Gasteiger partial charge on any atom is -0.311 e. The Kier molecular flexibility index (Phi) is 9.65. The Balaban J connectivity index is 0.886. The molecule has 2 aliphatic rings. The van der Waals surface area contributed by atoms with E-state index in [2.05, 4.69) is 263 Å². The highest BCUT2D eigenvalue weighted by Gasteiger charge is 2.25. The van der Waals surface area contributed by atoms with Crippen molar-refractivity contribution in [2.24, 2.45) is 0 Å². The largest absolute Gasteiger partial charge is 0.311 e. The average Bonchev–Trinajstić information content (AvgIpc) is 3.38. The van der Waals surface area contributed by atoms with E-state index in [4.69, 9.17) is 0 Å². The lowest BCUT2D eigenvalue weighted by molar-refractivity contribution is 1.09. The zero-order chi connectivity index (χ0) is 43.1. The molecule has 0 unspecified atom stereocenters. The molecule has 308 valence electrons. The summed E-state index contributed by atoms with van der Waals surface area (Å²) in [4.78, 5) is 7.19. The first-order valence-electron chi connectivity index (χ1n) is 22.5. The van der Waals surface area contributed by atoms with Crippen LogP contribution in [-0.4, -0.2) is 0 Å². The smallest absolute Gasteiger partial charge is 0.0497 e. The highest BCUT2D eigenvalue weighted by molar-refractivity contribution is 5.88. The first-order chi connectivity index (χ1) is 32.2. The summed E-state index contributed by atoms with van der Waals surface area (Å²) in [7, 11) is 0. The third-order valence-corrected chi connectivity index (χ3v) is 13.1. The maximum Gasteiger partial charge on any atom is 0.0497 e. The molecule has 0 spiro atoms. The summed E-state index contributed by atoms with van der Waals surface area (Å²) in [6.45, 7) is 0. The van der Waals surface area contributed by atoms with Crippen LogP contribution in [0.5, 0.6) is 0 Å².